The molecule has 1 aliphatic rings. The quantitative estimate of drug-likeness (QED) is 0.772. The fourth-order valence-electron chi connectivity index (χ4n) is 3.27. The van der Waals surface area contributed by atoms with Crippen molar-refractivity contribution in [2.45, 2.75) is 39.7 Å². The Bertz CT molecular complexity index is 880. The first-order valence-corrected chi connectivity index (χ1v) is 8.90. The second kappa shape index (κ2) is 6.66. The van der Waals surface area contributed by atoms with Gasteiger partial charge in [-0.2, -0.15) is 4.52 Å². The number of pyridine rings is 1. The number of hydrogen-bond donors (Lipinski definition) is 1. The van der Waals surface area contributed by atoms with Gasteiger partial charge in [-0.05, 0) is 49.6 Å². The van der Waals surface area contributed by atoms with Crippen molar-refractivity contribution in [3.8, 4) is 0 Å². The molecule has 7 heteroatoms. The number of rotatable bonds is 5. The van der Waals surface area contributed by atoms with Gasteiger partial charge >= 0.3 is 0 Å². The van der Waals surface area contributed by atoms with Gasteiger partial charge in [-0.3, -0.25) is 0 Å². The molecule has 1 aliphatic heterocycles. The van der Waals surface area contributed by atoms with Gasteiger partial charge in [-0.1, -0.05) is 6.92 Å². The number of hydrogen-bond acceptors (Lipinski definition) is 6. The van der Waals surface area contributed by atoms with Crippen molar-refractivity contribution in [1.82, 2.24) is 24.8 Å². The second-order valence-electron chi connectivity index (χ2n) is 6.48. The predicted molar refractivity (Wildman–Crippen MR) is 97.9 cm³/mol. The number of aryl methyl sites for hydroxylation is 2. The molecule has 130 valence electrons. The molecule has 1 saturated heterocycles. The molecular weight excluding hydrogens is 314 g/mol. The summed E-state index contributed by atoms with van der Waals surface area (Å²) in [6.45, 7) is 7.03. The van der Waals surface area contributed by atoms with Crippen LogP contribution in [-0.2, 0) is 13.0 Å². The maximum atomic E-state index is 4.69. The first kappa shape index (κ1) is 15.8. The van der Waals surface area contributed by atoms with Gasteiger partial charge in [-0.25, -0.2) is 4.98 Å². The summed E-state index contributed by atoms with van der Waals surface area (Å²) in [4.78, 5) is 7.06. The number of nitrogens with zero attached hydrogens (tertiary/aromatic N) is 6. The van der Waals surface area contributed by atoms with Crippen molar-refractivity contribution in [1.29, 1.82) is 0 Å². The Morgan fingerprint density at radius 2 is 1.96 bits per heavy atom. The summed E-state index contributed by atoms with van der Waals surface area (Å²) in [5.41, 5.74) is 3.05. The third kappa shape index (κ3) is 3.26. The maximum absolute atomic E-state index is 4.69. The van der Waals surface area contributed by atoms with E-state index in [1.807, 2.05) is 12.1 Å². The summed E-state index contributed by atoms with van der Waals surface area (Å²) in [5, 5.41) is 16.3. The van der Waals surface area contributed by atoms with Gasteiger partial charge in [0, 0.05) is 31.7 Å². The first-order valence-electron chi connectivity index (χ1n) is 8.90. The zero-order valence-electron chi connectivity index (χ0n) is 14.7. The van der Waals surface area contributed by atoms with Crippen LogP contribution in [0.4, 0.5) is 11.6 Å². The molecule has 0 atom stereocenters. The van der Waals surface area contributed by atoms with Crippen LogP contribution in [0.15, 0.2) is 24.3 Å². The average Bonchev–Trinajstić information content (AvgIpc) is 3.28. The molecule has 0 aliphatic carbocycles. The van der Waals surface area contributed by atoms with Crippen molar-refractivity contribution in [3.63, 3.8) is 0 Å². The van der Waals surface area contributed by atoms with Crippen LogP contribution in [0.5, 0.6) is 0 Å². The van der Waals surface area contributed by atoms with Gasteiger partial charge in [-0.15, -0.1) is 15.3 Å². The third-order valence-electron chi connectivity index (χ3n) is 4.55. The van der Waals surface area contributed by atoms with Gasteiger partial charge in [0.15, 0.2) is 11.5 Å². The van der Waals surface area contributed by atoms with E-state index in [-0.39, 0.29) is 0 Å². The Hall–Kier alpha value is -2.70. The van der Waals surface area contributed by atoms with E-state index in [1.54, 1.807) is 4.52 Å². The number of aromatic nitrogens is 5. The van der Waals surface area contributed by atoms with E-state index >= 15 is 0 Å². The van der Waals surface area contributed by atoms with E-state index in [9.17, 15) is 0 Å². The lowest BCUT2D eigenvalue weighted by molar-refractivity contribution is 0.822. The molecule has 25 heavy (non-hydrogen) atoms. The summed E-state index contributed by atoms with van der Waals surface area (Å²) in [5.74, 6) is 2.78. The Labute approximate surface area is 147 Å². The Kier molecular flexibility index (Phi) is 4.21. The molecule has 0 radical (unpaired) electrons. The van der Waals surface area contributed by atoms with Crippen LogP contribution in [0.1, 0.15) is 36.8 Å². The third-order valence-corrected chi connectivity index (χ3v) is 4.55. The SMILES string of the molecule is CCc1nnc2ccc(NCc3cc(C)nc(N4CCCC4)c3)nn12. The zero-order chi connectivity index (χ0) is 17.2. The number of nitrogens with one attached hydrogen (secondary N) is 1. The molecule has 0 unspecified atom stereocenters. The number of anilines is 2. The molecule has 0 bridgehead atoms. The highest BCUT2D eigenvalue weighted by atomic mass is 15.4. The van der Waals surface area contributed by atoms with Crippen molar-refractivity contribution in [3.05, 3.63) is 41.3 Å². The zero-order valence-corrected chi connectivity index (χ0v) is 14.7. The Morgan fingerprint density at radius 1 is 1.12 bits per heavy atom. The van der Waals surface area contributed by atoms with Crippen LogP contribution in [0.2, 0.25) is 0 Å². The van der Waals surface area contributed by atoms with Crippen molar-refractivity contribution < 1.29 is 0 Å². The van der Waals surface area contributed by atoms with Crippen LogP contribution in [0.25, 0.3) is 5.65 Å². The molecule has 0 spiro atoms. The van der Waals surface area contributed by atoms with Gasteiger partial charge in [0.2, 0.25) is 0 Å². The molecule has 1 fully saturated rings. The van der Waals surface area contributed by atoms with E-state index in [2.05, 4.69) is 56.5 Å². The molecule has 0 saturated carbocycles. The lowest BCUT2D eigenvalue weighted by Gasteiger charge is -2.18. The van der Waals surface area contributed by atoms with Crippen LogP contribution in [-0.4, -0.2) is 37.9 Å². The molecule has 3 aromatic rings. The number of fused-ring (bicyclic) bond motifs is 1. The summed E-state index contributed by atoms with van der Waals surface area (Å²) < 4.78 is 1.80. The Morgan fingerprint density at radius 3 is 2.76 bits per heavy atom. The molecule has 4 heterocycles. The van der Waals surface area contributed by atoms with E-state index in [4.69, 9.17) is 0 Å². The van der Waals surface area contributed by atoms with Gasteiger partial charge < -0.3 is 10.2 Å². The van der Waals surface area contributed by atoms with Crippen molar-refractivity contribution in [2.75, 3.05) is 23.3 Å². The predicted octanol–water partition coefficient (Wildman–Crippen LogP) is 2.60. The van der Waals surface area contributed by atoms with Crippen LogP contribution < -0.4 is 10.2 Å². The lowest BCUT2D eigenvalue weighted by atomic mass is 10.2. The van der Waals surface area contributed by atoms with Crippen LogP contribution >= 0.6 is 0 Å². The minimum atomic E-state index is 0.715. The highest BCUT2D eigenvalue weighted by Crippen LogP contribution is 2.20. The standard InChI is InChI=1S/C18H23N7/c1-3-16-21-22-17-7-6-15(23-25(16)17)19-12-14-10-13(2)20-18(11-14)24-8-4-5-9-24/h6-7,10-11H,3-5,8-9,12H2,1-2H3,(H,19,23). The fourth-order valence-corrected chi connectivity index (χ4v) is 3.27. The van der Waals surface area contributed by atoms with E-state index < -0.39 is 0 Å². The van der Waals surface area contributed by atoms with Gasteiger partial charge in [0.25, 0.3) is 0 Å². The van der Waals surface area contributed by atoms with E-state index in [0.717, 1.165) is 48.3 Å². The lowest BCUT2D eigenvalue weighted by Crippen LogP contribution is -2.19. The molecule has 7 nitrogen and oxygen atoms in total. The minimum Gasteiger partial charge on any atom is -0.365 e. The molecule has 3 aromatic heterocycles. The highest BCUT2D eigenvalue weighted by molar-refractivity contribution is 5.47. The topological polar surface area (TPSA) is 71.2 Å². The van der Waals surface area contributed by atoms with Crippen molar-refractivity contribution >= 4 is 17.3 Å². The highest BCUT2D eigenvalue weighted by Gasteiger charge is 2.14. The van der Waals surface area contributed by atoms with Crippen LogP contribution in [0.3, 0.4) is 0 Å². The van der Waals surface area contributed by atoms with Crippen LogP contribution in [0, 0.1) is 6.92 Å². The van der Waals surface area contributed by atoms with E-state index in [1.165, 1.54) is 18.4 Å². The second-order valence-corrected chi connectivity index (χ2v) is 6.48. The largest absolute Gasteiger partial charge is 0.365 e. The smallest absolute Gasteiger partial charge is 0.178 e. The summed E-state index contributed by atoms with van der Waals surface area (Å²) >= 11 is 0. The molecule has 1 N–H and O–H groups in total. The molecule has 0 amide bonds. The first-order chi connectivity index (χ1) is 12.2. The summed E-state index contributed by atoms with van der Waals surface area (Å²) in [6, 6.07) is 8.19. The van der Waals surface area contributed by atoms with E-state index in [0.29, 0.717) is 6.54 Å². The average molecular weight is 337 g/mol. The molecular formula is C18H23N7. The van der Waals surface area contributed by atoms with Crippen molar-refractivity contribution in [2.24, 2.45) is 0 Å². The summed E-state index contributed by atoms with van der Waals surface area (Å²) in [6.07, 6.45) is 3.32. The fraction of sp³-hybridized carbons (Fsp3) is 0.444. The van der Waals surface area contributed by atoms with Gasteiger partial charge in [0.1, 0.15) is 11.6 Å². The van der Waals surface area contributed by atoms with Gasteiger partial charge in [0.05, 0.1) is 0 Å². The monoisotopic (exact) mass is 337 g/mol. The molecule has 4 rings (SSSR count). The Balaban J connectivity index is 1.52. The normalized spacial score (nSPS) is 14.4. The molecule has 0 aromatic carbocycles. The summed E-state index contributed by atoms with van der Waals surface area (Å²) in [7, 11) is 0. The minimum absolute atomic E-state index is 0.715. The maximum Gasteiger partial charge on any atom is 0.178 e.